The summed E-state index contributed by atoms with van der Waals surface area (Å²) in [7, 11) is 1.92. The van der Waals surface area contributed by atoms with E-state index in [1.165, 1.54) is 33.5 Å². The molecule has 0 atom stereocenters. The lowest BCUT2D eigenvalue weighted by atomic mass is 10.1. The topological polar surface area (TPSA) is 82.0 Å². The van der Waals surface area contributed by atoms with Gasteiger partial charge in [0.15, 0.2) is 18.1 Å². The van der Waals surface area contributed by atoms with Gasteiger partial charge in [-0.15, -0.1) is 12.8 Å². The number of benzene rings is 4. The van der Waals surface area contributed by atoms with Crippen LogP contribution in [0.4, 0.5) is 5.69 Å². The highest BCUT2D eigenvalue weighted by atomic mass is 16.7. The third-order valence-electron chi connectivity index (χ3n) is 7.32. The third kappa shape index (κ3) is 18.6. The van der Waals surface area contributed by atoms with Crippen LogP contribution in [-0.2, 0) is 4.74 Å². The number of terminal acetylenes is 2. The van der Waals surface area contributed by atoms with Gasteiger partial charge in [0.2, 0.25) is 6.79 Å². The molecule has 7 rings (SSSR count). The number of aromatic nitrogens is 1. The molecule has 0 saturated carbocycles. The van der Waals surface area contributed by atoms with Crippen LogP contribution in [0.5, 0.6) is 11.5 Å². The van der Waals surface area contributed by atoms with Crippen molar-refractivity contribution in [2.45, 2.75) is 48.0 Å². The van der Waals surface area contributed by atoms with Crippen LogP contribution >= 0.6 is 0 Å². The number of hydrogen-bond donors (Lipinski definition) is 1. The van der Waals surface area contributed by atoms with Crippen molar-refractivity contribution in [3.63, 3.8) is 0 Å². The fraction of sp³-hybridized carbons (Fsp3) is 0.213. The highest BCUT2D eigenvalue weighted by Crippen LogP contribution is 2.32. The predicted molar refractivity (Wildman–Crippen MR) is 223 cm³/mol. The Kier molecular flexibility index (Phi) is 20.5. The van der Waals surface area contributed by atoms with Crippen molar-refractivity contribution >= 4 is 17.9 Å². The average molecular weight is 722 g/mol. The number of hydrogen-bond acceptors (Lipinski definition) is 7. The summed E-state index contributed by atoms with van der Waals surface area (Å²) in [6, 6.07) is 33.2. The van der Waals surface area contributed by atoms with Crippen LogP contribution in [0.3, 0.4) is 0 Å². The maximum absolute atomic E-state index is 11.2. The van der Waals surface area contributed by atoms with E-state index < -0.39 is 0 Å². The fourth-order valence-electron chi connectivity index (χ4n) is 4.11. The van der Waals surface area contributed by atoms with E-state index >= 15 is 0 Å². The third-order valence-corrected chi connectivity index (χ3v) is 7.32. The van der Waals surface area contributed by atoms with Crippen molar-refractivity contribution in [3.8, 4) is 36.2 Å². The Morgan fingerprint density at radius 1 is 0.722 bits per heavy atom. The van der Waals surface area contributed by atoms with Crippen LogP contribution in [0.15, 0.2) is 132 Å². The smallest absolute Gasteiger partial charge is 0.339 e. The highest BCUT2D eigenvalue weighted by molar-refractivity contribution is 5.89. The number of pyridine rings is 1. The van der Waals surface area contributed by atoms with Gasteiger partial charge in [-0.2, -0.15) is 0 Å². The van der Waals surface area contributed by atoms with Gasteiger partial charge in [-0.1, -0.05) is 71.0 Å². The minimum atomic E-state index is -0.377. The molecule has 7 nitrogen and oxygen atoms in total. The molecule has 54 heavy (non-hydrogen) atoms. The normalized spacial score (nSPS) is 10.8. The molecule has 0 fully saturated rings. The second-order valence-corrected chi connectivity index (χ2v) is 12.2. The SMILES string of the molecule is C#CCOC(=O)c1ccc(C)cc1.C#Cc1ccc(C)cc1.CC1=CN=CC1.CNc1ccc(C)cc1.Cc1ccc2c(c1)OCO2.Cc1ccncc1. The summed E-state index contributed by atoms with van der Waals surface area (Å²) in [5, 5.41) is 3.05. The van der Waals surface area contributed by atoms with Crippen molar-refractivity contribution in [2.75, 3.05) is 25.8 Å². The zero-order valence-electron chi connectivity index (χ0n) is 32.4. The van der Waals surface area contributed by atoms with Crippen LogP contribution in [0.25, 0.3) is 0 Å². The molecule has 0 radical (unpaired) electrons. The van der Waals surface area contributed by atoms with Gasteiger partial charge in [0.1, 0.15) is 0 Å². The summed E-state index contributed by atoms with van der Waals surface area (Å²) in [5.41, 5.74) is 10.1. The Hall–Kier alpha value is -6.57. The molecule has 1 aromatic heterocycles. The number of ether oxygens (including phenoxy) is 3. The van der Waals surface area contributed by atoms with Gasteiger partial charge in [0.25, 0.3) is 0 Å². The number of rotatable bonds is 3. The van der Waals surface area contributed by atoms with Crippen LogP contribution in [0, 0.1) is 59.3 Å². The molecule has 2 aliphatic rings. The van der Waals surface area contributed by atoms with Crippen LogP contribution in [0.2, 0.25) is 0 Å². The lowest BCUT2D eigenvalue weighted by molar-refractivity contribution is 0.0556. The van der Waals surface area contributed by atoms with Gasteiger partial charge in [-0.25, -0.2) is 4.79 Å². The molecule has 2 aliphatic heterocycles. The van der Waals surface area contributed by atoms with Crippen LogP contribution in [0.1, 0.15) is 57.1 Å². The van der Waals surface area contributed by atoms with E-state index in [-0.39, 0.29) is 12.6 Å². The molecular formula is C47H51N3O4. The van der Waals surface area contributed by atoms with Crippen molar-refractivity contribution in [1.29, 1.82) is 0 Å². The van der Waals surface area contributed by atoms with E-state index in [2.05, 4.69) is 65.2 Å². The number of allylic oxidation sites excluding steroid dienone is 1. The molecule has 7 heteroatoms. The summed E-state index contributed by atoms with van der Waals surface area (Å²) >= 11 is 0. The van der Waals surface area contributed by atoms with Gasteiger partial charge < -0.3 is 19.5 Å². The first kappa shape index (κ1) is 43.6. The first-order chi connectivity index (χ1) is 26.0. The predicted octanol–water partition coefficient (Wildman–Crippen LogP) is 10.3. The zero-order valence-corrected chi connectivity index (χ0v) is 32.4. The number of aryl methyl sites for hydroxylation is 5. The summed E-state index contributed by atoms with van der Waals surface area (Å²) in [5.74, 6) is 6.13. The first-order valence-corrected chi connectivity index (χ1v) is 17.4. The maximum atomic E-state index is 11.2. The van der Waals surface area contributed by atoms with Crippen molar-refractivity contribution < 1.29 is 19.0 Å². The Labute approximate surface area is 322 Å². The molecular weight excluding hydrogens is 671 g/mol. The Morgan fingerprint density at radius 2 is 1.26 bits per heavy atom. The summed E-state index contributed by atoms with van der Waals surface area (Å²) in [6.07, 6.45) is 18.5. The minimum Gasteiger partial charge on any atom is -0.454 e. The molecule has 0 aliphatic carbocycles. The Bertz CT molecular complexity index is 1970. The van der Waals surface area contributed by atoms with E-state index in [9.17, 15) is 4.79 Å². The number of aliphatic imine (C=N–C) groups is 1. The molecule has 0 saturated heterocycles. The molecule has 278 valence electrons. The number of anilines is 1. The average Bonchev–Trinajstić information content (AvgIpc) is 3.87. The monoisotopic (exact) mass is 721 g/mol. The van der Waals surface area contributed by atoms with E-state index in [1.807, 2.05) is 114 Å². The van der Waals surface area contributed by atoms with Crippen molar-refractivity contribution in [2.24, 2.45) is 4.99 Å². The van der Waals surface area contributed by atoms with Gasteiger partial charge in [-0.3, -0.25) is 9.98 Å². The highest BCUT2D eigenvalue weighted by Gasteiger charge is 2.11. The van der Waals surface area contributed by atoms with Crippen molar-refractivity contribution in [1.82, 2.24) is 4.98 Å². The number of nitrogens with one attached hydrogen (secondary N) is 1. The Balaban J connectivity index is 0.000000228. The second kappa shape index (κ2) is 25.4. The second-order valence-electron chi connectivity index (χ2n) is 12.2. The molecule has 3 heterocycles. The minimum absolute atomic E-state index is 0.0205. The number of carbonyl (C=O) groups excluding carboxylic acids is 1. The van der Waals surface area contributed by atoms with Gasteiger partial charge >= 0.3 is 5.97 Å². The molecule has 0 spiro atoms. The lowest BCUT2D eigenvalue weighted by Gasteiger charge is -2.00. The van der Waals surface area contributed by atoms with Crippen LogP contribution < -0.4 is 14.8 Å². The molecule has 0 amide bonds. The van der Waals surface area contributed by atoms with Crippen LogP contribution in [-0.4, -0.2) is 37.6 Å². The number of fused-ring (bicyclic) bond motifs is 1. The quantitative estimate of drug-likeness (QED) is 0.148. The number of esters is 1. The van der Waals surface area contributed by atoms with Gasteiger partial charge in [0, 0.05) is 49.5 Å². The standard InChI is InChI=1S/C11H10O2.C9H8.C8H11N.C8H8O2.C6H7N.C5H7N/c1-3-8-13-11(12)10-6-4-9(2)5-7-10;1-3-9-6-4-8(2)5-7-9;1-7-3-5-8(9-2)6-4-7;1-6-2-3-7-8(4-6)10-5-9-7;1-6-2-4-7-5-3-6;1-5-2-3-6-4-5/h1,4-7H,8H2,2H3;1,4-7H,2H3;3-6,9H,1-2H3;2-4H,5H2,1H3;2-5H,1H3;3-4H,2H2,1H3. The molecule has 0 unspecified atom stereocenters. The largest absolute Gasteiger partial charge is 0.454 e. The molecule has 1 N–H and O–H groups in total. The number of nitrogens with zero attached hydrogens (tertiary/aromatic N) is 2. The first-order valence-electron chi connectivity index (χ1n) is 17.4. The lowest BCUT2D eigenvalue weighted by Crippen LogP contribution is -2.04. The summed E-state index contributed by atoms with van der Waals surface area (Å²) in [4.78, 5) is 18.9. The van der Waals surface area contributed by atoms with Gasteiger partial charge in [-0.05, 0) is 119 Å². The maximum Gasteiger partial charge on any atom is 0.339 e. The van der Waals surface area contributed by atoms with E-state index in [0.29, 0.717) is 12.4 Å². The van der Waals surface area contributed by atoms with E-state index in [0.717, 1.165) is 29.0 Å². The summed E-state index contributed by atoms with van der Waals surface area (Å²) in [6.45, 7) is 12.6. The summed E-state index contributed by atoms with van der Waals surface area (Å²) < 4.78 is 15.0. The van der Waals surface area contributed by atoms with Crippen molar-refractivity contribution in [3.05, 3.63) is 166 Å². The molecule has 0 bridgehead atoms. The Morgan fingerprint density at radius 3 is 1.72 bits per heavy atom. The zero-order chi connectivity index (χ0) is 39.6. The molecule has 4 aromatic carbocycles. The van der Waals surface area contributed by atoms with E-state index in [4.69, 9.17) is 27.1 Å². The fourth-order valence-corrected chi connectivity index (χ4v) is 4.11. The van der Waals surface area contributed by atoms with Gasteiger partial charge in [0.05, 0.1) is 5.56 Å². The molecule has 5 aromatic rings. The van der Waals surface area contributed by atoms with E-state index in [1.54, 1.807) is 24.5 Å². The number of carbonyl (C=O) groups is 1.